The maximum atomic E-state index is 14.2. The molecule has 8 nitrogen and oxygen atoms in total. The number of para-hydroxylation sites is 1. The minimum Gasteiger partial charge on any atom is -0.366 e. The molecule has 1 atom stereocenters. The third-order valence-corrected chi connectivity index (χ3v) is 7.97. The van der Waals surface area contributed by atoms with Crippen LogP contribution in [0.4, 0.5) is 10.1 Å². The summed E-state index contributed by atoms with van der Waals surface area (Å²) in [6, 6.07) is 18.9. The van der Waals surface area contributed by atoms with Crippen molar-refractivity contribution in [3.05, 3.63) is 84.2 Å². The molecule has 1 saturated heterocycles. The van der Waals surface area contributed by atoms with Crippen LogP contribution in [0.15, 0.2) is 77.7 Å². The minimum absolute atomic E-state index is 0.0261. The van der Waals surface area contributed by atoms with Gasteiger partial charge >= 0.3 is 0 Å². The van der Waals surface area contributed by atoms with E-state index in [1.165, 1.54) is 12.1 Å². The lowest BCUT2D eigenvalue weighted by Crippen LogP contribution is -2.52. The Hall–Kier alpha value is -3.41. The highest BCUT2D eigenvalue weighted by atomic mass is 32.2. The van der Waals surface area contributed by atoms with Crippen LogP contribution in [-0.2, 0) is 14.8 Å². The van der Waals surface area contributed by atoms with Gasteiger partial charge in [0.05, 0.1) is 17.4 Å². The van der Waals surface area contributed by atoms with E-state index in [-0.39, 0.29) is 22.1 Å². The van der Waals surface area contributed by atoms with Crippen molar-refractivity contribution in [1.82, 2.24) is 18.4 Å². The molecule has 1 aliphatic rings. The third-order valence-electron chi connectivity index (χ3n) is 5.98. The number of amides is 1. The number of sulfonamides is 1. The van der Waals surface area contributed by atoms with Gasteiger partial charge in [0.15, 0.2) is 0 Å². The van der Waals surface area contributed by atoms with Crippen molar-refractivity contribution in [1.29, 1.82) is 0 Å². The maximum Gasteiger partial charge on any atom is 0.245 e. The fourth-order valence-electron chi connectivity index (χ4n) is 4.18. The molecule has 0 bridgehead atoms. The Kier molecular flexibility index (Phi) is 6.46. The zero-order valence-corrected chi connectivity index (χ0v) is 20.2. The third kappa shape index (κ3) is 4.75. The molecular formula is C24H22FN5O3S2. The Balaban J connectivity index is 1.40. The highest BCUT2D eigenvalue weighted by molar-refractivity contribution is 7.89. The number of piperazine rings is 1. The number of carbonyl (C=O) groups excluding carboxylic acids is 1. The van der Waals surface area contributed by atoms with Crippen molar-refractivity contribution >= 4 is 44.4 Å². The number of fused-ring (bicyclic) bond motifs is 1. The highest BCUT2D eigenvalue weighted by Crippen LogP contribution is 2.26. The Morgan fingerprint density at radius 1 is 0.914 bits per heavy atom. The average molecular weight is 512 g/mol. The molecule has 11 heteroatoms. The standard InChI is InChI=1S/C24H22FN5O3S2/c25-18-9-4-5-11-20(18)29-13-15-30(16-14-29)24(31)22(17-7-2-1-3-8-17)28-35(32,33)21-12-6-10-19-23(21)27-34-26-19/h1-12,22,28H,13-16H2/t22-/m0/s1. The second-order valence-electron chi connectivity index (χ2n) is 8.12. The van der Waals surface area contributed by atoms with E-state index >= 15 is 0 Å². The summed E-state index contributed by atoms with van der Waals surface area (Å²) in [5.41, 5.74) is 1.76. The Bertz CT molecular complexity index is 1450. The quantitative estimate of drug-likeness (QED) is 0.427. The van der Waals surface area contributed by atoms with Gasteiger partial charge in [-0.05, 0) is 29.8 Å². The second-order valence-corrected chi connectivity index (χ2v) is 10.3. The van der Waals surface area contributed by atoms with Crippen molar-refractivity contribution in [2.24, 2.45) is 0 Å². The number of rotatable bonds is 6. The second kappa shape index (κ2) is 9.68. The number of nitrogens with one attached hydrogen (secondary N) is 1. The van der Waals surface area contributed by atoms with Gasteiger partial charge in [0.1, 0.15) is 27.8 Å². The Morgan fingerprint density at radius 2 is 1.63 bits per heavy atom. The van der Waals surface area contributed by atoms with Crippen LogP contribution in [0.5, 0.6) is 0 Å². The Morgan fingerprint density at radius 3 is 2.37 bits per heavy atom. The van der Waals surface area contributed by atoms with E-state index in [1.807, 2.05) is 4.90 Å². The van der Waals surface area contributed by atoms with E-state index in [0.29, 0.717) is 42.9 Å². The summed E-state index contributed by atoms with van der Waals surface area (Å²) in [5.74, 6) is -0.676. The molecule has 1 aliphatic heterocycles. The zero-order valence-electron chi connectivity index (χ0n) is 18.5. The van der Waals surface area contributed by atoms with Gasteiger partial charge in [-0.3, -0.25) is 4.79 Å². The predicted octanol–water partition coefficient (Wildman–Crippen LogP) is 3.20. The average Bonchev–Trinajstić information content (AvgIpc) is 3.37. The van der Waals surface area contributed by atoms with E-state index in [0.717, 1.165) is 11.7 Å². The first kappa shape index (κ1) is 23.3. The van der Waals surface area contributed by atoms with E-state index in [2.05, 4.69) is 13.5 Å². The molecule has 0 saturated carbocycles. The van der Waals surface area contributed by atoms with Gasteiger partial charge in [0, 0.05) is 26.2 Å². The van der Waals surface area contributed by atoms with Crippen LogP contribution >= 0.6 is 11.7 Å². The summed E-state index contributed by atoms with van der Waals surface area (Å²) >= 11 is 0.928. The van der Waals surface area contributed by atoms with Crippen LogP contribution < -0.4 is 9.62 Å². The number of carbonyl (C=O) groups is 1. The molecule has 1 aromatic heterocycles. The number of nitrogens with zero attached hydrogens (tertiary/aromatic N) is 4. The van der Waals surface area contributed by atoms with Gasteiger partial charge in [0.2, 0.25) is 15.9 Å². The van der Waals surface area contributed by atoms with E-state index in [1.54, 1.807) is 65.6 Å². The number of anilines is 1. The summed E-state index contributed by atoms with van der Waals surface area (Å²) < 4.78 is 51.8. The summed E-state index contributed by atoms with van der Waals surface area (Å²) in [5, 5.41) is 0. The number of hydrogen-bond acceptors (Lipinski definition) is 7. The fraction of sp³-hybridized carbons (Fsp3) is 0.208. The van der Waals surface area contributed by atoms with E-state index in [9.17, 15) is 17.6 Å². The molecular weight excluding hydrogens is 489 g/mol. The predicted molar refractivity (Wildman–Crippen MR) is 132 cm³/mol. The van der Waals surface area contributed by atoms with Gasteiger partial charge < -0.3 is 9.80 Å². The van der Waals surface area contributed by atoms with Crippen molar-refractivity contribution in [3.8, 4) is 0 Å². The van der Waals surface area contributed by atoms with Gasteiger partial charge in [-0.2, -0.15) is 13.5 Å². The van der Waals surface area contributed by atoms with Crippen molar-refractivity contribution < 1.29 is 17.6 Å². The SMILES string of the molecule is O=C([C@@H](NS(=O)(=O)c1cccc2nsnc12)c1ccccc1)N1CCN(c2ccccc2F)CC1. The van der Waals surface area contributed by atoms with Gasteiger partial charge in [-0.1, -0.05) is 48.5 Å². The number of aromatic nitrogens is 2. The highest BCUT2D eigenvalue weighted by Gasteiger charge is 2.33. The molecule has 0 radical (unpaired) electrons. The van der Waals surface area contributed by atoms with Crippen molar-refractivity contribution in [2.45, 2.75) is 10.9 Å². The number of hydrogen-bond donors (Lipinski definition) is 1. The minimum atomic E-state index is -4.10. The topological polar surface area (TPSA) is 95.5 Å². The number of benzene rings is 3. The van der Waals surface area contributed by atoms with Crippen LogP contribution in [0.1, 0.15) is 11.6 Å². The summed E-state index contributed by atoms with van der Waals surface area (Å²) in [6.07, 6.45) is 0. The lowest BCUT2D eigenvalue weighted by atomic mass is 10.1. The molecule has 35 heavy (non-hydrogen) atoms. The molecule has 1 amide bonds. The van der Waals surface area contributed by atoms with E-state index in [4.69, 9.17) is 0 Å². The number of halogens is 1. The molecule has 4 aromatic rings. The molecule has 3 aromatic carbocycles. The monoisotopic (exact) mass is 511 g/mol. The largest absolute Gasteiger partial charge is 0.366 e. The van der Waals surface area contributed by atoms with Gasteiger partial charge in [0.25, 0.3) is 0 Å². The molecule has 0 unspecified atom stereocenters. The molecule has 0 aliphatic carbocycles. The smallest absolute Gasteiger partial charge is 0.245 e. The van der Waals surface area contributed by atoms with Crippen LogP contribution in [0.25, 0.3) is 11.0 Å². The molecule has 180 valence electrons. The zero-order chi connectivity index (χ0) is 24.4. The Labute approximate surface area is 206 Å². The molecule has 2 heterocycles. The van der Waals surface area contributed by atoms with Crippen LogP contribution in [0.3, 0.4) is 0 Å². The maximum absolute atomic E-state index is 14.2. The summed E-state index contributed by atoms with van der Waals surface area (Å²) in [4.78, 5) is 17.1. The van der Waals surface area contributed by atoms with Crippen LogP contribution in [0.2, 0.25) is 0 Å². The lowest BCUT2D eigenvalue weighted by molar-refractivity contribution is -0.133. The first-order valence-electron chi connectivity index (χ1n) is 11.0. The normalized spacial score (nSPS) is 15.3. The van der Waals surface area contributed by atoms with Crippen LogP contribution in [0, 0.1) is 5.82 Å². The summed E-state index contributed by atoms with van der Waals surface area (Å²) in [7, 11) is -4.10. The summed E-state index contributed by atoms with van der Waals surface area (Å²) in [6.45, 7) is 1.54. The van der Waals surface area contributed by atoms with Gasteiger partial charge in [-0.15, -0.1) is 0 Å². The fourth-order valence-corrected chi connectivity index (χ4v) is 6.13. The lowest BCUT2D eigenvalue weighted by Gasteiger charge is -2.37. The first-order chi connectivity index (χ1) is 16.9. The van der Waals surface area contributed by atoms with E-state index < -0.39 is 16.1 Å². The van der Waals surface area contributed by atoms with Gasteiger partial charge in [-0.25, -0.2) is 12.8 Å². The van der Waals surface area contributed by atoms with Crippen molar-refractivity contribution in [3.63, 3.8) is 0 Å². The molecule has 1 fully saturated rings. The van der Waals surface area contributed by atoms with Crippen molar-refractivity contribution in [2.75, 3.05) is 31.1 Å². The molecule has 5 rings (SSSR count). The molecule has 1 N–H and O–H groups in total. The van der Waals surface area contributed by atoms with Crippen LogP contribution in [-0.4, -0.2) is 54.2 Å². The molecule has 0 spiro atoms. The first-order valence-corrected chi connectivity index (χ1v) is 13.2.